The van der Waals surface area contributed by atoms with Gasteiger partial charge in [-0.2, -0.15) is 0 Å². The van der Waals surface area contributed by atoms with Crippen LogP contribution in [0.25, 0.3) is 10.9 Å². The molecule has 0 amide bonds. The summed E-state index contributed by atoms with van der Waals surface area (Å²) in [5.74, 6) is 1.40. The van der Waals surface area contributed by atoms with E-state index in [0.29, 0.717) is 19.1 Å². The third kappa shape index (κ3) is 4.50. The van der Waals surface area contributed by atoms with Crippen LogP contribution in [-0.4, -0.2) is 60.5 Å². The minimum atomic E-state index is -0.481. The summed E-state index contributed by atoms with van der Waals surface area (Å²) in [6.45, 7) is 6.67. The van der Waals surface area contributed by atoms with E-state index in [9.17, 15) is 5.11 Å². The van der Waals surface area contributed by atoms with Gasteiger partial charge in [-0.25, -0.2) is 0 Å². The number of hydrogen-bond acceptors (Lipinski definition) is 4. The van der Waals surface area contributed by atoms with Crippen molar-refractivity contribution in [2.45, 2.75) is 25.9 Å². The van der Waals surface area contributed by atoms with E-state index in [1.807, 2.05) is 37.4 Å². The Kier molecular flexibility index (Phi) is 6.12. The van der Waals surface area contributed by atoms with Gasteiger partial charge in [0, 0.05) is 36.8 Å². The number of hydrogen-bond donors (Lipinski definition) is 2. The Morgan fingerprint density at radius 1 is 1.38 bits per heavy atom. The Balaban J connectivity index is 1.47. The second-order valence-corrected chi connectivity index (χ2v) is 6.59. The molecule has 1 fully saturated rings. The Bertz CT molecular complexity index is 628. The summed E-state index contributed by atoms with van der Waals surface area (Å²) >= 11 is 0. The summed E-state index contributed by atoms with van der Waals surface area (Å²) in [5.41, 5.74) is 1.05. The summed E-state index contributed by atoms with van der Waals surface area (Å²) in [6.07, 6.45) is 3.82. The van der Waals surface area contributed by atoms with Crippen molar-refractivity contribution in [3.05, 3.63) is 30.5 Å². The molecule has 2 aromatic rings. The maximum atomic E-state index is 10.3. The lowest BCUT2D eigenvalue weighted by Gasteiger charge is -2.33. The molecule has 0 aliphatic carbocycles. The standard InChI is InChI=1S/C19H28N2O3/c1-2-23-13-15-5-4-10-21(11-15)12-16(22)14-24-19-7-3-6-18-17(19)8-9-20-18/h3,6-9,15-16,20,22H,2,4-5,10-14H2,1H3. The van der Waals surface area contributed by atoms with E-state index in [4.69, 9.17) is 9.47 Å². The zero-order valence-electron chi connectivity index (χ0n) is 14.4. The van der Waals surface area contributed by atoms with Crippen molar-refractivity contribution in [2.24, 2.45) is 5.92 Å². The van der Waals surface area contributed by atoms with Crippen molar-refractivity contribution < 1.29 is 14.6 Å². The van der Waals surface area contributed by atoms with E-state index >= 15 is 0 Å². The molecule has 1 aromatic carbocycles. The lowest BCUT2D eigenvalue weighted by Crippen LogP contribution is -2.42. The van der Waals surface area contributed by atoms with Crippen molar-refractivity contribution >= 4 is 10.9 Å². The molecule has 1 saturated heterocycles. The molecule has 1 aliphatic heterocycles. The number of H-pyrrole nitrogens is 1. The second-order valence-electron chi connectivity index (χ2n) is 6.59. The number of aliphatic hydroxyl groups is 1. The number of piperidine rings is 1. The number of likely N-dealkylation sites (tertiary alicyclic amines) is 1. The molecular weight excluding hydrogens is 304 g/mol. The summed E-state index contributed by atoms with van der Waals surface area (Å²) in [6, 6.07) is 7.93. The number of fused-ring (bicyclic) bond motifs is 1. The smallest absolute Gasteiger partial charge is 0.128 e. The summed E-state index contributed by atoms with van der Waals surface area (Å²) in [4.78, 5) is 5.50. The number of aromatic nitrogens is 1. The van der Waals surface area contributed by atoms with Gasteiger partial charge in [-0.1, -0.05) is 6.07 Å². The average Bonchev–Trinajstić information content (AvgIpc) is 3.08. The Morgan fingerprint density at radius 3 is 3.17 bits per heavy atom. The van der Waals surface area contributed by atoms with Crippen LogP contribution in [0.4, 0.5) is 0 Å². The molecule has 2 atom stereocenters. The van der Waals surface area contributed by atoms with Crippen LogP contribution in [-0.2, 0) is 4.74 Å². The molecule has 0 bridgehead atoms. The van der Waals surface area contributed by atoms with E-state index in [2.05, 4.69) is 9.88 Å². The number of benzene rings is 1. The van der Waals surface area contributed by atoms with Crippen LogP contribution < -0.4 is 4.74 Å². The molecule has 0 radical (unpaired) electrons. The number of nitrogens with zero attached hydrogens (tertiary/aromatic N) is 1. The van der Waals surface area contributed by atoms with Crippen LogP contribution >= 0.6 is 0 Å². The maximum absolute atomic E-state index is 10.3. The van der Waals surface area contributed by atoms with Gasteiger partial charge in [0.1, 0.15) is 18.5 Å². The van der Waals surface area contributed by atoms with Crippen molar-refractivity contribution in [1.29, 1.82) is 0 Å². The van der Waals surface area contributed by atoms with Crippen LogP contribution in [0.5, 0.6) is 5.75 Å². The first kappa shape index (κ1) is 17.3. The summed E-state index contributed by atoms with van der Waals surface area (Å²) in [7, 11) is 0. The molecule has 5 heteroatoms. The molecule has 2 unspecified atom stereocenters. The van der Waals surface area contributed by atoms with Crippen molar-refractivity contribution in [3.8, 4) is 5.75 Å². The fourth-order valence-corrected chi connectivity index (χ4v) is 3.46. The number of rotatable bonds is 8. The Morgan fingerprint density at radius 2 is 2.29 bits per heavy atom. The van der Waals surface area contributed by atoms with Gasteiger partial charge in [0.2, 0.25) is 0 Å². The molecule has 1 aliphatic rings. The first-order valence-electron chi connectivity index (χ1n) is 8.93. The van der Waals surface area contributed by atoms with E-state index in [1.54, 1.807) is 0 Å². The molecular formula is C19H28N2O3. The predicted molar refractivity (Wildman–Crippen MR) is 95.5 cm³/mol. The van der Waals surface area contributed by atoms with Gasteiger partial charge >= 0.3 is 0 Å². The summed E-state index contributed by atoms with van der Waals surface area (Å²) < 4.78 is 11.4. The molecule has 132 valence electrons. The number of β-amino-alcohol motifs (C(OH)–C–C–N with tert-alkyl or cyclic N) is 1. The minimum Gasteiger partial charge on any atom is -0.490 e. The highest BCUT2D eigenvalue weighted by atomic mass is 16.5. The molecule has 0 spiro atoms. The molecule has 0 saturated carbocycles. The molecule has 24 heavy (non-hydrogen) atoms. The molecule has 1 aromatic heterocycles. The largest absolute Gasteiger partial charge is 0.490 e. The van der Waals surface area contributed by atoms with Gasteiger partial charge in [-0.3, -0.25) is 0 Å². The zero-order valence-corrected chi connectivity index (χ0v) is 14.4. The molecule has 5 nitrogen and oxygen atoms in total. The van der Waals surface area contributed by atoms with Crippen LogP contribution in [0.3, 0.4) is 0 Å². The van der Waals surface area contributed by atoms with E-state index in [1.165, 1.54) is 12.8 Å². The van der Waals surface area contributed by atoms with Crippen LogP contribution in [0.1, 0.15) is 19.8 Å². The number of ether oxygens (including phenoxy) is 2. The quantitative estimate of drug-likeness (QED) is 0.780. The van der Waals surface area contributed by atoms with E-state index in [0.717, 1.165) is 43.0 Å². The Labute approximate surface area is 143 Å². The topological polar surface area (TPSA) is 57.7 Å². The van der Waals surface area contributed by atoms with Crippen LogP contribution in [0.15, 0.2) is 30.5 Å². The molecule has 3 rings (SSSR count). The van der Waals surface area contributed by atoms with Gasteiger partial charge < -0.3 is 24.5 Å². The molecule has 2 heterocycles. The van der Waals surface area contributed by atoms with E-state index < -0.39 is 6.10 Å². The number of aromatic amines is 1. The predicted octanol–water partition coefficient (Wildman–Crippen LogP) is 2.66. The normalized spacial score (nSPS) is 20.3. The summed E-state index contributed by atoms with van der Waals surface area (Å²) in [5, 5.41) is 11.4. The van der Waals surface area contributed by atoms with Crippen molar-refractivity contribution in [2.75, 3.05) is 39.5 Å². The lowest BCUT2D eigenvalue weighted by atomic mass is 9.99. The SMILES string of the molecule is CCOCC1CCCN(CC(O)COc2cccc3[nH]ccc23)C1. The van der Waals surface area contributed by atoms with Gasteiger partial charge in [-0.15, -0.1) is 0 Å². The minimum absolute atomic E-state index is 0.316. The lowest BCUT2D eigenvalue weighted by molar-refractivity contribution is 0.0303. The van der Waals surface area contributed by atoms with Crippen molar-refractivity contribution in [3.63, 3.8) is 0 Å². The van der Waals surface area contributed by atoms with Crippen LogP contribution in [0.2, 0.25) is 0 Å². The average molecular weight is 332 g/mol. The highest BCUT2D eigenvalue weighted by Crippen LogP contribution is 2.24. The van der Waals surface area contributed by atoms with Gasteiger partial charge in [0.25, 0.3) is 0 Å². The monoisotopic (exact) mass is 332 g/mol. The fraction of sp³-hybridized carbons (Fsp3) is 0.579. The number of nitrogens with one attached hydrogen (secondary N) is 1. The highest BCUT2D eigenvalue weighted by molar-refractivity contribution is 5.85. The molecule has 2 N–H and O–H groups in total. The second kappa shape index (κ2) is 8.51. The van der Waals surface area contributed by atoms with Gasteiger partial charge in [0.15, 0.2) is 0 Å². The third-order valence-corrected chi connectivity index (χ3v) is 4.62. The fourth-order valence-electron chi connectivity index (χ4n) is 3.46. The van der Waals surface area contributed by atoms with Gasteiger partial charge in [-0.05, 0) is 50.4 Å². The first-order chi connectivity index (χ1) is 11.8. The van der Waals surface area contributed by atoms with Crippen LogP contribution in [0, 0.1) is 5.92 Å². The van der Waals surface area contributed by atoms with Gasteiger partial charge in [0.05, 0.1) is 6.61 Å². The maximum Gasteiger partial charge on any atom is 0.128 e. The number of aliphatic hydroxyl groups excluding tert-OH is 1. The third-order valence-electron chi connectivity index (χ3n) is 4.62. The first-order valence-corrected chi connectivity index (χ1v) is 8.93. The van der Waals surface area contributed by atoms with Crippen molar-refractivity contribution in [1.82, 2.24) is 9.88 Å². The highest BCUT2D eigenvalue weighted by Gasteiger charge is 2.22. The zero-order chi connectivity index (χ0) is 16.8. The Hall–Kier alpha value is -1.56. The van der Waals surface area contributed by atoms with E-state index in [-0.39, 0.29) is 0 Å².